The first-order chi connectivity index (χ1) is 11.0. The lowest BCUT2D eigenvalue weighted by Gasteiger charge is -2.18. The van der Waals surface area contributed by atoms with Crippen molar-refractivity contribution in [2.45, 2.75) is 51.1 Å². The van der Waals surface area contributed by atoms with Crippen molar-refractivity contribution in [1.82, 2.24) is 15.2 Å². The molecule has 0 bridgehead atoms. The van der Waals surface area contributed by atoms with Crippen molar-refractivity contribution in [2.75, 3.05) is 7.11 Å². The van der Waals surface area contributed by atoms with Crippen LogP contribution in [0.3, 0.4) is 0 Å². The summed E-state index contributed by atoms with van der Waals surface area (Å²) in [5.41, 5.74) is 1.26. The maximum absolute atomic E-state index is 12.0. The first-order valence-electron chi connectivity index (χ1n) is 8.24. The van der Waals surface area contributed by atoms with Gasteiger partial charge in [-0.15, -0.1) is 0 Å². The second kappa shape index (κ2) is 8.04. The molecule has 1 saturated carbocycles. The predicted molar refractivity (Wildman–Crippen MR) is 88.0 cm³/mol. The van der Waals surface area contributed by atoms with E-state index in [-0.39, 0.29) is 30.0 Å². The highest BCUT2D eigenvalue weighted by atomic mass is 16.5. The number of esters is 1. The van der Waals surface area contributed by atoms with Crippen LogP contribution in [0.5, 0.6) is 0 Å². The Morgan fingerprint density at radius 2 is 2.22 bits per heavy atom. The summed E-state index contributed by atoms with van der Waals surface area (Å²) in [6.07, 6.45) is 6.11. The highest BCUT2D eigenvalue weighted by molar-refractivity contribution is 5.75. The highest BCUT2D eigenvalue weighted by Crippen LogP contribution is 2.26. The second-order valence-electron chi connectivity index (χ2n) is 6.40. The van der Waals surface area contributed by atoms with Gasteiger partial charge in [0, 0.05) is 31.0 Å². The molecule has 6 nitrogen and oxygen atoms in total. The average molecular weight is 321 g/mol. The summed E-state index contributed by atoms with van der Waals surface area (Å²) >= 11 is 0. The predicted octanol–water partition coefficient (Wildman–Crippen LogP) is 1.99. The zero-order valence-electron chi connectivity index (χ0n) is 14.2. The number of rotatable bonds is 6. The number of ether oxygens (including phenoxy) is 1. The molecule has 2 N–H and O–H groups in total. The van der Waals surface area contributed by atoms with E-state index in [4.69, 9.17) is 4.74 Å². The molecule has 2 rings (SSSR count). The lowest BCUT2D eigenvalue weighted by atomic mass is 10.1. The number of aryl methyl sites for hydroxylation is 2. The third-order valence-corrected chi connectivity index (χ3v) is 4.56. The van der Waals surface area contributed by atoms with Crippen molar-refractivity contribution in [1.29, 1.82) is 0 Å². The Balaban J connectivity index is 1.68. The number of urea groups is 1. The van der Waals surface area contributed by atoms with Gasteiger partial charge in [-0.3, -0.25) is 4.79 Å². The first kappa shape index (κ1) is 17.4. The summed E-state index contributed by atoms with van der Waals surface area (Å²) in [5, 5.41) is 5.93. The Morgan fingerprint density at radius 3 is 2.87 bits per heavy atom. The summed E-state index contributed by atoms with van der Waals surface area (Å²) in [6.45, 7) is 2.01. The Labute approximate surface area is 137 Å². The average Bonchev–Trinajstić information content (AvgIpc) is 3.13. The highest BCUT2D eigenvalue weighted by Gasteiger charge is 2.31. The third kappa shape index (κ3) is 5.01. The molecule has 0 saturated heterocycles. The van der Waals surface area contributed by atoms with Gasteiger partial charge in [0.1, 0.15) is 0 Å². The summed E-state index contributed by atoms with van der Waals surface area (Å²) in [5.74, 6) is -0.259. The van der Waals surface area contributed by atoms with Gasteiger partial charge in [0.15, 0.2) is 0 Å². The van der Waals surface area contributed by atoms with Gasteiger partial charge < -0.3 is 19.9 Å². The van der Waals surface area contributed by atoms with Crippen LogP contribution in [0.2, 0.25) is 0 Å². The van der Waals surface area contributed by atoms with E-state index in [0.717, 1.165) is 25.7 Å². The zero-order chi connectivity index (χ0) is 16.8. The number of methoxy groups -OCH3 is 1. The van der Waals surface area contributed by atoms with E-state index in [1.54, 1.807) is 0 Å². The van der Waals surface area contributed by atoms with Crippen molar-refractivity contribution in [3.05, 3.63) is 24.0 Å². The number of nitrogens with one attached hydrogen (secondary N) is 2. The molecule has 1 aliphatic carbocycles. The van der Waals surface area contributed by atoms with Gasteiger partial charge >= 0.3 is 12.0 Å². The summed E-state index contributed by atoms with van der Waals surface area (Å²) in [7, 11) is 3.43. The molecule has 0 aromatic carbocycles. The molecule has 0 radical (unpaired) electrons. The number of carbonyl (C=O) groups is 2. The minimum absolute atomic E-state index is 0.0548. The largest absolute Gasteiger partial charge is 0.469 e. The van der Waals surface area contributed by atoms with E-state index in [1.807, 2.05) is 26.2 Å². The summed E-state index contributed by atoms with van der Waals surface area (Å²) in [6, 6.07) is 4.12. The quantitative estimate of drug-likeness (QED) is 0.787. The Bertz CT molecular complexity index is 541. The maximum atomic E-state index is 12.0. The van der Waals surface area contributed by atoms with Crippen LogP contribution in [0, 0.1) is 5.92 Å². The van der Waals surface area contributed by atoms with E-state index in [9.17, 15) is 9.59 Å². The van der Waals surface area contributed by atoms with E-state index in [2.05, 4.69) is 21.3 Å². The van der Waals surface area contributed by atoms with Crippen molar-refractivity contribution in [3.63, 3.8) is 0 Å². The van der Waals surface area contributed by atoms with Crippen molar-refractivity contribution in [2.24, 2.45) is 13.0 Å². The molecule has 0 spiro atoms. The molecule has 0 aliphatic heterocycles. The lowest BCUT2D eigenvalue weighted by molar-refractivity contribution is -0.145. The number of hydrogen-bond acceptors (Lipinski definition) is 3. The van der Waals surface area contributed by atoms with Crippen LogP contribution in [0.15, 0.2) is 18.3 Å². The number of hydrogen-bond donors (Lipinski definition) is 2. The number of aromatic nitrogens is 1. The normalized spacial score (nSPS) is 21.7. The molecule has 1 aromatic rings. The molecule has 23 heavy (non-hydrogen) atoms. The molecule has 6 heteroatoms. The van der Waals surface area contributed by atoms with Crippen LogP contribution in [0.25, 0.3) is 0 Å². The van der Waals surface area contributed by atoms with Crippen molar-refractivity contribution in [3.8, 4) is 0 Å². The number of carbonyl (C=O) groups excluding carboxylic acids is 2. The maximum Gasteiger partial charge on any atom is 0.315 e. The van der Waals surface area contributed by atoms with Gasteiger partial charge in [0.05, 0.1) is 13.0 Å². The fourth-order valence-electron chi connectivity index (χ4n) is 3.14. The van der Waals surface area contributed by atoms with Gasteiger partial charge in [-0.2, -0.15) is 0 Å². The van der Waals surface area contributed by atoms with Crippen LogP contribution in [-0.4, -0.2) is 35.8 Å². The molecule has 1 unspecified atom stereocenters. The Morgan fingerprint density at radius 1 is 1.43 bits per heavy atom. The summed E-state index contributed by atoms with van der Waals surface area (Å²) < 4.78 is 6.86. The molecular formula is C17H27N3O3. The van der Waals surface area contributed by atoms with Gasteiger partial charge in [-0.1, -0.05) is 0 Å². The van der Waals surface area contributed by atoms with Crippen LogP contribution in [-0.2, 0) is 23.0 Å². The molecule has 1 heterocycles. The first-order valence-corrected chi connectivity index (χ1v) is 8.24. The van der Waals surface area contributed by atoms with E-state index < -0.39 is 0 Å². The molecule has 1 fully saturated rings. The minimum Gasteiger partial charge on any atom is -0.469 e. The fraction of sp³-hybridized carbons (Fsp3) is 0.647. The van der Waals surface area contributed by atoms with Crippen molar-refractivity contribution < 1.29 is 14.3 Å². The Hall–Kier alpha value is -1.98. The van der Waals surface area contributed by atoms with Crippen molar-refractivity contribution >= 4 is 12.0 Å². The molecular weight excluding hydrogens is 294 g/mol. The van der Waals surface area contributed by atoms with Gasteiger partial charge in [-0.25, -0.2) is 4.79 Å². The second-order valence-corrected chi connectivity index (χ2v) is 6.40. The minimum atomic E-state index is -0.175. The van der Waals surface area contributed by atoms with Crippen LogP contribution in [0.4, 0.5) is 4.79 Å². The SMILES string of the molecule is COC(=O)[C@H]1CC[C@@H](NC(=O)NC(C)CCc2cccn2C)C1. The van der Waals surface area contributed by atoms with Gasteiger partial charge in [-0.05, 0) is 51.2 Å². The number of amides is 2. The number of nitrogens with zero attached hydrogens (tertiary/aromatic N) is 1. The van der Waals surface area contributed by atoms with Crippen LogP contribution < -0.4 is 10.6 Å². The summed E-state index contributed by atoms with van der Waals surface area (Å²) in [4.78, 5) is 23.5. The van der Waals surface area contributed by atoms with Crippen LogP contribution in [0.1, 0.15) is 38.3 Å². The van der Waals surface area contributed by atoms with Gasteiger partial charge in [0.2, 0.25) is 0 Å². The molecule has 1 aliphatic rings. The van der Waals surface area contributed by atoms with E-state index in [1.165, 1.54) is 12.8 Å². The molecule has 2 amide bonds. The Kier molecular flexibility index (Phi) is 6.07. The third-order valence-electron chi connectivity index (χ3n) is 4.56. The molecule has 128 valence electrons. The monoisotopic (exact) mass is 321 g/mol. The standard InChI is InChI=1S/C17H27N3O3/c1-12(6-9-15-5-4-10-20(15)2)18-17(22)19-14-8-7-13(11-14)16(21)23-3/h4-5,10,12-14H,6-9,11H2,1-3H3,(H2,18,19,22)/t12?,13-,14+/m0/s1. The fourth-order valence-corrected chi connectivity index (χ4v) is 3.14. The zero-order valence-corrected chi connectivity index (χ0v) is 14.2. The van der Waals surface area contributed by atoms with E-state index in [0.29, 0.717) is 6.42 Å². The van der Waals surface area contributed by atoms with Crippen LogP contribution >= 0.6 is 0 Å². The topological polar surface area (TPSA) is 72.4 Å². The molecule has 3 atom stereocenters. The van der Waals surface area contributed by atoms with E-state index >= 15 is 0 Å². The molecule has 1 aromatic heterocycles. The smallest absolute Gasteiger partial charge is 0.315 e. The lowest BCUT2D eigenvalue weighted by Crippen LogP contribution is -2.45. The van der Waals surface area contributed by atoms with Gasteiger partial charge in [0.25, 0.3) is 0 Å².